The minimum absolute atomic E-state index is 0.686. The smallest absolute Gasteiger partial charge is 0.208 e. The van der Waals surface area contributed by atoms with Gasteiger partial charge in [0.15, 0.2) is 0 Å². The number of hydrogen-bond donors (Lipinski definition) is 1. The number of aromatic nitrogens is 3. The van der Waals surface area contributed by atoms with Gasteiger partial charge in [0, 0.05) is 12.2 Å². The van der Waals surface area contributed by atoms with Crippen LogP contribution < -0.4 is 5.32 Å². The monoisotopic (exact) mass is 262 g/mol. The molecule has 0 aliphatic carbocycles. The van der Waals surface area contributed by atoms with Crippen molar-refractivity contribution in [3.05, 3.63) is 34.8 Å². The molecule has 0 saturated carbocycles. The average Bonchev–Trinajstić information content (AvgIpc) is 2.82. The Morgan fingerprint density at radius 1 is 1.26 bits per heavy atom. The Bertz CT molecular complexity index is 522. The first-order valence-corrected chi connectivity index (χ1v) is 6.71. The molecule has 2 heterocycles. The van der Waals surface area contributed by atoms with E-state index in [0.717, 1.165) is 42.5 Å². The summed E-state index contributed by atoms with van der Waals surface area (Å²) in [6, 6.07) is 2.10. The summed E-state index contributed by atoms with van der Waals surface area (Å²) in [5.41, 5.74) is 3.27. The van der Waals surface area contributed by atoms with Gasteiger partial charge in [0.25, 0.3) is 0 Å². The second-order valence-electron chi connectivity index (χ2n) is 4.93. The first kappa shape index (κ1) is 13.8. The van der Waals surface area contributed by atoms with Gasteiger partial charge >= 0.3 is 0 Å². The second-order valence-corrected chi connectivity index (χ2v) is 4.93. The van der Waals surface area contributed by atoms with Crippen LogP contribution in [0.15, 0.2) is 10.5 Å². The van der Waals surface area contributed by atoms with Gasteiger partial charge < -0.3 is 9.73 Å². The quantitative estimate of drug-likeness (QED) is 0.811. The molecule has 104 valence electrons. The third-order valence-corrected chi connectivity index (χ3v) is 3.18. The fourth-order valence-corrected chi connectivity index (χ4v) is 2.07. The summed E-state index contributed by atoms with van der Waals surface area (Å²) >= 11 is 0. The van der Waals surface area contributed by atoms with Crippen molar-refractivity contribution in [3.63, 3.8) is 0 Å². The zero-order valence-electron chi connectivity index (χ0n) is 12.2. The molecule has 0 saturated heterocycles. The van der Waals surface area contributed by atoms with Gasteiger partial charge in [-0.2, -0.15) is 5.10 Å². The molecule has 0 aliphatic heterocycles. The Morgan fingerprint density at radius 2 is 2.05 bits per heavy atom. The topological polar surface area (TPSA) is 55.9 Å². The van der Waals surface area contributed by atoms with Crippen LogP contribution >= 0.6 is 0 Å². The SMILES string of the molecule is Cc1cc(C)n(CCCNCc2nc(C)c(C)o2)n1. The van der Waals surface area contributed by atoms with Crippen LogP contribution in [-0.2, 0) is 13.1 Å². The zero-order valence-corrected chi connectivity index (χ0v) is 12.2. The highest BCUT2D eigenvalue weighted by atomic mass is 16.4. The van der Waals surface area contributed by atoms with Crippen molar-refractivity contribution < 1.29 is 4.42 Å². The van der Waals surface area contributed by atoms with Gasteiger partial charge in [-0.05, 0) is 46.7 Å². The maximum Gasteiger partial charge on any atom is 0.208 e. The fraction of sp³-hybridized carbons (Fsp3) is 0.571. The second kappa shape index (κ2) is 6.02. The normalized spacial score (nSPS) is 11.2. The number of rotatable bonds is 6. The van der Waals surface area contributed by atoms with Crippen LogP contribution in [0.25, 0.3) is 0 Å². The van der Waals surface area contributed by atoms with Gasteiger partial charge in [0.05, 0.1) is 17.9 Å². The zero-order chi connectivity index (χ0) is 13.8. The Kier molecular flexibility index (Phi) is 4.37. The van der Waals surface area contributed by atoms with Crippen molar-refractivity contribution in [2.45, 2.75) is 47.2 Å². The van der Waals surface area contributed by atoms with Crippen molar-refractivity contribution in [3.8, 4) is 0 Å². The largest absolute Gasteiger partial charge is 0.444 e. The van der Waals surface area contributed by atoms with Crippen LogP contribution in [0.3, 0.4) is 0 Å². The number of hydrogen-bond acceptors (Lipinski definition) is 4. The lowest BCUT2D eigenvalue weighted by atomic mass is 10.4. The van der Waals surface area contributed by atoms with E-state index in [9.17, 15) is 0 Å². The molecule has 0 aliphatic rings. The number of oxazole rings is 1. The summed E-state index contributed by atoms with van der Waals surface area (Å²) in [6.45, 7) is 10.6. The molecule has 0 amide bonds. The van der Waals surface area contributed by atoms with E-state index in [1.54, 1.807) is 0 Å². The first-order chi connectivity index (χ1) is 9.06. The van der Waals surface area contributed by atoms with Crippen molar-refractivity contribution >= 4 is 0 Å². The van der Waals surface area contributed by atoms with Crippen molar-refractivity contribution in [2.24, 2.45) is 0 Å². The molecule has 2 aromatic heterocycles. The predicted molar refractivity (Wildman–Crippen MR) is 74.0 cm³/mol. The molecule has 0 fully saturated rings. The first-order valence-electron chi connectivity index (χ1n) is 6.71. The summed E-state index contributed by atoms with van der Waals surface area (Å²) in [5.74, 6) is 1.67. The Hall–Kier alpha value is -1.62. The molecule has 0 atom stereocenters. The standard InChI is InChI=1S/C14H22N4O/c1-10-8-11(2)18(17-10)7-5-6-15-9-14-16-12(3)13(4)19-14/h8,15H,5-7,9H2,1-4H3. The minimum Gasteiger partial charge on any atom is -0.444 e. The fourth-order valence-electron chi connectivity index (χ4n) is 2.07. The summed E-state index contributed by atoms with van der Waals surface area (Å²) in [4.78, 5) is 4.34. The highest BCUT2D eigenvalue weighted by Crippen LogP contribution is 2.07. The summed E-state index contributed by atoms with van der Waals surface area (Å²) in [5, 5.41) is 7.78. The lowest BCUT2D eigenvalue weighted by Gasteiger charge is -2.05. The predicted octanol–water partition coefficient (Wildman–Crippen LogP) is 2.28. The van der Waals surface area contributed by atoms with Gasteiger partial charge in [-0.1, -0.05) is 0 Å². The van der Waals surface area contributed by atoms with Gasteiger partial charge in [0.2, 0.25) is 5.89 Å². The van der Waals surface area contributed by atoms with Gasteiger partial charge in [0.1, 0.15) is 5.76 Å². The molecule has 1 N–H and O–H groups in total. The van der Waals surface area contributed by atoms with Gasteiger partial charge in [-0.15, -0.1) is 0 Å². The van der Waals surface area contributed by atoms with E-state index < -0.39 is 0 Å². The van der Waals surface area contributed by atoms with E-state index in [-0.39, 0.29) is 0 Å². The number of nitrogens with one attached hydrogen (secondary N) is 1. The van der Waals surface area contributed by atoms with E-state index in [2.05, 4.69) is 33.1 Å². The Labute approximate surface area is 114 Å². The third kappa shape index (κ3) is 3.67. The van der Waals surface area contributed by atoms with Crippen molar-refractivity contribution in [1.82, 2.24) is 20.1 Å². The third-order valence-electron chi connectivity index (χ3n) is 3.18. The molecule has 2 rings (SSSR count). The molecule has 0 unspecified atom stereocenters. The van der Waals surface area contributed by atoms with Crippen LogP contribution in [0.5, 0.6) is 0 Å². The molecule has 0 spiro atoms. The molecule has 2 aromatic rings. The molecule has 0 radical (unpaired) electrons. The molecule has 0 bridgehead atoms. The van der Waals surface area contributed by atoms with E-state index in [1.807, 2.05) is 20.8 Å². The van der Waals surface area contributed by atoms with E-state index in [1.165, 1.54) is 5.69 Å². The highest BCUT2D eigenvalue weighted by molar-refractivity contribution is 5.06. The van der Waals surface area contributed by atoms with Crippen LogP contribution in [0.4, 0.5) is 0 Å². The maximum absolute atomic E-state index is 5.51. The number of aryl methyl sites for hydroxylation is 5. The molecule has 5 nitrogen and oxygen atoms in total. The Balaban J connectivity index is 1.68. The molecular weight excluding hydrogens is 240 g/mol. The van der Waals surface area contributed by atoms with Gasteiger partial charge in [-0.3, -0.25) is 4.68 Å². The molecule has 0 aromatic carbocycles. The van der Waals surface area contributed by atoms with Crippen LogP contribution in [0.1, 0.15) is 35.2 Å². The van der Waals surface area contributed by atoms with Gasteiger partial charge in [-0.25, -0.2) is 4.98 Å². The summed E-state index contributed by atoms with van der Waals surface area (Å²) in [7, 11) is 0. The summed E-state index contributed by atoms with van der Waals surface area (Å²) < 4.78 is 7.56. The highest BCUT2D eigenvalue weighted by Gasteiger charge is 2.04. The van der Waals surface area contributed by atoms with Crippen LogP contribution in [0.2, 0.25) is 0 Å². The average molecular weight is 262 g/mol. The minimum atomic E-state index is 0.686. The maximum atomic E-state index is 5.51. The van der Waals surface area contributed by atoms with E-state index in [0.29, 0.717) is 6.54 Å². The number of nitrogens with zero attached hydrogens (tertiary/aromatic N) is 3. The lowest BCUT2D eigenvalue weighted by molar-refractivity contribution is 0.441. The lowest BCUT2D eigenvalue weighted by Crippen LogP contribution is -2.17. The van der Waals surface area contributed by atoms with E-state index in [4.69, 9.17) is 4.42 Å². The Morgan fingerprint density at radius 3 is 2.63 bits per heavy atom. The summed E-state index contributed by atoms with van der Waals surface area (Å²) in [6.07, 6.45) is 1.04. The van der Waals surface area contributed by atoms with Crippen molar-refractivity contribution in [1.29, 1.82) is 0 Å². The molecular formula is C14H22N4O. The van der Waals surface area contributed by atoms with Crippen molar-refractivity contribution in [2.75, 3.05) is 6.54 Å². The van der Waals surface area contributed by atoms with E-state index >= 15 is 0 Å². The molecule has 5 heteroatoms. The molecule has 19 heavy (non-hydrogen) atoms. The van der Waals surface area contributed by atoms with Crippen LogP contribution in [0, 0.1) is 27.7 Å². The van der Waals surface area contributed by atoms with Crippen LogP contribution in [-0.4, -0.2) is 21.3 Å².